The Morgan fingerprint density at radius 2 is 1.79 bits per heavy atom. The molecule has 0 bridgehead atoms. The predicted octanol–water partition coefficient (Wildman–Crippen LogP) is 1.40. The van der Waals surface area contributed by atoms with Gasteiger partial charge >= 0.3 is 0 Å². The molecule has 1 rings (SSSR count). The lowest BCUT2D eigenvalue weighted by molar-refractivity contribution is -0.0532. The van der Waals surface area contributed by atoms with Crippen LogP contribution < -0.4 is 0 Å². The van der Waals surface area contributed by atoms with E-state index in [0.29, 0.717) is 6.61 Å². The molecule has 0 aliphatic rings. The van der Waals surface area contributed by atoms with Crippen LogP contribution in [0.4, 0.5) is 0 Å². The summed E-state index contributed by atoms with van der Waals surface area (Å²) in [7, 11) is 3.41. The molecule has 0 fully saturated rings. The average Bonchev–Trinajstić information content (AvgIpc) is 2.26. The van der Waals surface area contributed by atoms with Gasteiger partial charge in [0.25, 0.3) is 9.76 Å². The number of benzene rings is 1. The first-order valence-electron chi connectivity index (χ1n) is 4.33. The lowest BCUT2D eigenvalue weighted by atomic mass is 10.2. The normalized spacial score (nSPS) is 10.8. The van der Waals surface area contributed by atoms with Crippen LogP contribution in [-0.2, 0) is 20.5 Å². The van der Waals surface area contributed by atoms with E-state index in [-0.39, 0.29) is 15.7 Å². The third-order valence-electron chi connectivity index (χ3n) is 1.69. The van der Waals surface area contributed by atoms with Gasteiger partial charge in [-0.1, -0.05) is 30.3 Å². The molecule has 0 aliphatic heterocycles. The first kappa shape index (κ1) is 11.4. The summed E-state index contributed by atoms with van der Waals surface area (Å²) in [5, 5.41) is 0. The lowest BCUT2D eigenvalue weighted by Crippen LogP contribution is -2.23. The Hall–Kier alpha value is -0.683. The number of hydrogen-bond donors (Lipinski definition) is 0. The molecule has 76 valence electrons. The first-order valence-corrected chi connectivity index (χ1v) is 5.32. The van der Waals surface area contributed by atoms with Crippen molar-refractivity contribution in [3.63, 3.8) is 0 Å². The summed E-state index contributed by atoms with van der Waals surface area (Å²) in [4.78, 5) is 0. The van der Waals surface area contributed by atoms with E-state index in [2.05, 4.69) is 0 Å². The van der Waals surface area contributed by atoms with Crippen molar-refractivity contribution in [2.45, 2.75) is 12.5 Å². The third-order valence-corrected chi connectivity index (χ3v) is 2.66. The van der Waals surface area contributed by atoms with Gasteiger partial charge in [-0.25, -0.2) is 0 Å². The van der Waals surface area contributed by atoms with Crippen molar-refractivity contribution in [3.8, 4) is 0 Å². The Balaban J connectivity index is 2.21. The molecule has 0 atom stereocenters. The van der Waals surface area contributed by atoms with Gasteiger partial charge in [-0.15, -0.1) is 0 Å². The van der Waals surface area contributed by atoms with E-state index in [1.807, 2.05) is 30.3 Å². The maximum Gasteiger partial charge on any atom is 0.299 e. The summed E-state index contributed by atoms with van der Waals surface area (Å²) in [5.74, 6) is -0.251. The molecule has 0 saturated carbocycles. The van der Waals surface area contributed by atoms with Gasteiger partial charge in [0.1, 0.15) is 0 Å². The molecule has 1 aromatic rings. The second-order valence-electron chi connectivity index (χ2n) is 2.70. The summed E-state index contributed by atoms with van der Waals surface area (Å²) in [6.07, 6.45) is 0. The molecule has 0 saturated heterocycles. The molecule has 0 aliphatic carbocycles. The van der Waals surface area contributed by atoms with Crippen LogP contribution in [0.25, 0.3) is 0 Å². The highest BCUT2D eigenvalue weighted by Gasteiger charge is 2.07. The first-order chi connectivity index (χ1) is 6.86. The van der Waals surface area contributed by atoms with Gasteiger partial charge in [-0.05, 0) is 5.56 Å². The standard InChI is InChI=1S/C10H14O3Si/c1-11-10(12-2)14-13-8-9-6-4-3-5-7-9/h3-7,10H,8H2,1-2H3. The number of rotatable bonds is 6. The summed E-state index contributed by atoms with van der Waals surface area (Å²) in [6.45, 7) is 0.600. The summed E-state index contributed by atoms with van der Waals surface area (Å²) in [5.41, 5.74) is 1.16. The maximum absolute atomic E-state index is 5.44. The summed E-state index contributed by atoms with van der Waals surface area (Å²) in [6, 6.07) is 10.0. The van der Waals surface area contributed by atoms with Crippen molar-refractivity contribution in [1.82, 2.24) is 0 Å². The van der Waals surface area contributed by atoms with Gasteiger partial charge in [-0.2, -0.15) is 0 Å². The van der Waals surface area contributed by atoms with Gasteiger partial charge < -0.3 is 13.9 Å². The van der Waals surface area contributed by atoms with Gasteiger partial charge in [0.05, 0.1) is 6.61 Å². The highest BCUT2D eigenvalue weighted by Crippen LogP contribution is 2.00. The van der Waals surface area contributed by atoms with Crippen molar-refractivity contribution in [3.05, 3.63) is 35.9 Å². The summed E-state index contributed by atoms with van der Waals surface area (Å²) < 4.78 is 15.4. The molecular formula is C10H14O3Si. The van der Waals surface area contributed by atoms with Crippen LogP contribution in [0.1, 0.15) is 5.56 Å². The Kier molecular flexibility index (Phi) is 5.47. The van der Waals surface area contributed by atoms with Crippen molar-refractivity contribution in [1.29, 1.82) is 0 Å². The monoisotopic (exact) mass is 210 g/mol. The number of ether oxygens (including phenoxy) is 2. The number of methoxy groups -OCH3 is 2. The van der Waals surface area contributed by atoms with E-state index in [1.54, 1.807) is 14.2 Å². The zero-order valence-electron chi connectivity index (χ0n) is 8.40. The minimum atomic E-state index is -0.251. The van der Waals surface area contributed by atoms with Crippen LogP contribution >= 0.6 is 0 Å². The fourth-order valence-corrected chi connectivity index (χ4v) is 1.54. The van der Waals surface area contributed by atoms with Crippen molar-refractivity contribution < 1.29 is 13.9 Å². The molecule has 0 amide bonds. The van der Waals surface area contributed by atoms with E-state index in [9.17, 15) is 0 Å². The maximum atomic E-state index is 5.44. The minimum absolute atomic E-state index is 0.204. The quantitative estimate of drug-likeness (QED) is 0.524. The highest BCUT2D eigenvalue weighted by atomic mass is 28.2. The fraction of sp³-hybridized carbons (Fsp3) is 0.400. The zero-order chi connectivity index (χ0) is 10.2. The van der Waals surface area contributed by atoms with Crippen LogP contribution in [0.15, 0.2) is 30.3 Å². The van der Waals surface area contributed by atoms with Crippen LogP contribution in [0, 0.1) is 0 Å². The molecule has 0 N–H and O–H groups in total. The van der Waals surface area contributed by atoms with Crippen LogP contribution in [-0.4, -0.2) is 29.9 Å². The van der Waals surface area contributed by atoms with E-state index in [0.717, 1.165) is 5.56 Å². The lowest BCUT2D eigenvalue weighted by Gasteiger charge is -2.11. The Morgan fingerprint density at radius 1 is 1.14 bits per heavy atom. The van der Waals surface area contributed by atoms with Crippen LogP contribution in [0.5, 0.6) is 0 Å². The largest absolute Gasteiger partial charge is 0.408 e. The van der Waals surface area contributed by atoms with Gasteiger partial charge in [-0.3, -0.25) is 0 Å². The highest BCUT2D eigenvalue weighted by molar-refractivity contribution is 6.28. The molecule has 4 heteroatoms. The van der Waals surface area contributed by atoms with Crippen molar-refractivity contribution >= 4 is 9.76 Å². The van der Waals surface area contributed by atoms with Gasteiger partial charge in [0, 0.05) is 14.2 Å². The van der Waals surface area contributed by atoms with Gasteiger partial charge in [0.2, 0.25) is 0 Å². The molecule has 0 unspecified atom stereocenters. The molecule has 2 radical (unpaired) electrons. The average molecular weight is 210 g/mol. The molecular weight excluding hydrogens is 196 g/mol. The molecule has 0 aromatic heterocycles. The van der Waals surface area contributed by atoms with Crippen LogP contribution in [0.3, 0.4) is 0 Å². The fourth-order valence-electron chi connectivity index (χ4n) is 0.960. The van der Waals surface area contributed by atoms with E-state index < -0.39 is 0 Å². The Morgan fingerprint density at radius 3 is 2.36 bits per heavy atom. The van der Waals surface area contributed by atoms with Crippen molar-refractivity contribution in [2.24, 2.45) is 0 Å². The predicted molar refractivity (Wildman–Crippen MR) is 54.8 cm³/mol. The molecule has 3 nitrogen and oxygen atoms in total. The molecule has 1 aromatic carbocycles. The number of hydrogen-bond acceptors (Lipinski definition) is 3. The summed E-state index contributed by atoms with van der Waals surface area (Å²) >= 11 is 0. The molecule has 14 heavy (non-hydrogen) atoms. The Bertz CT molecular complexity index is 236. The third kappa shape index (κ3) is 4.02. The molecule has 0 heterocycles. The topological polar surface area (TPSA) is 27.7 Å². The van der Waals surface area contributed by atoms with E-state index in [1.165, 1.54) is 0 Å². The molecule has 0 spiro atoms. The van der Waals surface area contributed by atoms with Gasteiger partial charge in [0.15, 0.2) is 5.91 Å². The SMILES string of the molecule is COC(OC)[Si]OCc1ccccc1. The second kappa shape index (κ2) is 6.72. The Labute approximate surface area is 86.9 Å². The van der Waals surface area contributed by atoms with Crippen molar-refractivity contribution in [2.75, 3.05) is 14.2 Å². The second-order valence-corrected chi connectivity index (χ2v) is 3.69. The zero-order valence-corrected chi connectivity index (χ0v) is 9.40. The van der Waals surface area contributed by atoms with Crippen LogP contribution in [0.2, 0.25) is 0 Å². The smallest absolute Gasteiger partial charge is 0.299 e. The minimum Gasteiger partial charge on any atom is -0.408 e. The van der Waals surface area contributed by atoms with E-state index in [4.69, 9.17) is 13.9 Å². The van der Waals surface area contributed by atoms with E-state index >= 15 is 0 Å².